The fraction of sp³-hybridized carbons (Fsp3) is 0.667. The molecule has 1 atom stereocenters. The molecular weight excluding hydrogens is 260 g/mol. The van der Waals surface area contributed by atoms with Crippen molar-refractivity contribution in [1.82, 2.24) is 10.2 Å². The summed E-state index contributed by atoms with van der Waals surface area (Å²) < 4.78 is 5.53. The molecule has 1 fully saturated rings. The lowest BCUT2D eigenvalue weighted by molar-refractivity contribution is 0.213. The van der Waals surface area contributed by atoms with Gasteiger partial charge in [-0.05, 0) is 38.3 Å². The average Bonchev–Trinajstić information content (AvgIpc) is 2.91. The second kappa shape index (κ2) is 7.81. The molecule has 2 rings (SSSR count). The van der Waals surface area contributed by atoms with Crippen LogP contribution in [0.5, 0.6) is 5.75 Å². The molecule has 1 aliphatic rings. The van der Waals surface area contributed by atoms with Crippen LogP contribution in [-0.4, -0.2) is 37.7 Å². The van der Waals surface area contributed by atoms with Crippen LogP contribution in [0.15, 0.2) is 18.2 Å². The minimum absolute atomic E-state index is 0.652. The van der Waals surface area contributed by atoms with Gasteiger partial charge in [-0.15, -0.1) is 0 Å². The van der Waals surface area contributed by atoms with E-state index in [9.17, 15) is 0 Å². The summed E-state index contributed by atoms with van der Waals surface area (Å²) in [4.78, 5) is 2.57. The third-order valence-electron chi connectivity index (χ3n) is 4.09. The molecule has 1 N–H and O–H groups in total. The molecule has 3 heteroatoms. The fourth-order valence-corrected chi connectivity index (χ4v) is 3.22. The van der Waals surface area contributed by atoms with Gasteiger partial charge >= 0.3 is 0 Å². The van der Waals surface area contributed by atoms with Crippen molar-refractivity contribution in [1.29, 1.82) is 0 Å². The molecule has 3 nitrogen and oxygen atoms in total. The first-order valence-electron chi connectivity index (χ1n) is 8.17. The van der Waals surface area contributed by atoms with Crippen molar-refractivity contribution >= 4 is 0 Å². The molecule has 1 saturated heterocycles. The number of methoxy groups -OCH3 is 1. The Bertz CT molecular complexity index is 439. The van der Waals surface area contributed by atoms with Crippen LogP contribution in [0.25, 0.3) is 0 Å². The molecule has 0 amide bonds. The first kappa shape index (κ1) is 16.3. The van der Waals surface area contributed by atoms with Crippen LogP contribution >= 0.6 is 0 Å². The van der Waals surface area contributed by atoms with Crippen LogP contribution in [0.4, 0.5) is 0 Å². The molecule has 0 aliphatic carbocycles. The summed E-state index contributed by atoms with van der Waals surface area (Å²) >= 11 is 0. The number of nitrogens with one attached hydrogen (secondary N) is 1. The predicted octanol–water partition coefficient (Wildman–Crippen LogP) is 3.21. The van der Waals surface area contributed by atoms with Gasteiger partial charge < -0.3 is 10.1 Å². The zero-order chi connectivity index (χ0) is 15.2. The number of hydrogen-bond donors (Lipinski definition) is 1. The number of ether oxygens (including phenoxy) is 1. The van der Waals surface area contributed by atoms with E-state index in [2.05, 4.69) is 49.2 Å². The van der Waals surface area contributed by atoms with Gasteiger partial charge in [-0.2, -0.15) is 0 Å². The standard InChI is InChI=1S/C18H30N2O/c1-14(2)11-20(13-17-6-5-9-19-17)12-16-10-15(3)7-8-18(16)21-4/h7-8,10,14,17,19H,5-6,9,11-13H2,1-4H3. The van der Waals surface area contributed by atoms with E-state index in [0.29, 0.717) is 12.0 Å². The van der Waals surface area contributed by atoms with Gasteiger partial charge in [0.1, 0.15) is 5.75 Å². The van der Waals surface area contributed by atoms with Gasteiger partial charge in [0, 0.05) is 31.2 Å². The third-order valence-corrected chi connectivity index (χ3v) is 4.09. The van der Waals surface area contributed by atoms with Crippen molar-refractivity contribution < 1.29 is 4.74 Å². The van der Waals surface area contributed by atoms with Crippen LogP contribution < -0.4 is 10.1 Å². The summed E-state index contributed by atoms with van der Waals surface area (Å²) in [6.45, 7) is 11.2. The molecule has 1 aromatic carbocycles. The summed E-state index contributed by atoms with van der Waals surface area (Å²) in [7, 11) is 1.76. The Morgan fingerprint density at radius 3 is 2.81 bits per heavy atom. The Morgan fingerprint density at radius 2 is 2.19 bits per heavy atom. The van der Waals surface area contributed by atoms with Crippen molar-refractivity contribution in [3.8, 4) is 5.75 Å². The lowest BCUT2D eigenvalue weighted by Gasteiger charge is -2.28. The van der Waals surface area contributed by atoms with Gasteiger partial charge in [-0.1, -0.05) is 31.5 Å². The van der Waals surface area contributed by atoms with E-state index in [-0.39, 0.29) is 0 Å². The van der Waals surface area contributed by atoms with E-state index in [4.69, 9.17) is 4.74 Å². The maximum Gasteiger partial charge on any atom is 0.123 e. The van der Waals surface area contributed by atoms with Crippen LogP contribution in [0, 0.1) is 12.8 Å². The van der Waals surface area contributed by atoms with E-state index in [1.54, 1.807) is 7.11 Å². The van der Waals surface area contributed by atoms with E-state index in [1.165, 1.54) is 30.5 Å². The minimum Gasteiger partial charge on any atom is -0.496 e. The minimum atomic E-state index is 0.652. The van der Waals surface area contributed by atoms with E-state index < -0.39 is 0 Å². The first-order valence-corrected chi connectivity index (χ1v) is 8.17. The van der Waals surface area contributed by atoms with Crippen LogP contribution in [0.3, 0.4) is 0 Å². The first-order chi connectivity index (χ1) is 10.1. The Morgan fingerprint density at radius 1 is 1.38 bits per heavy atom. The molecular formula is C18H30N2O. The van der Waals surface area contributed by atoms with Crippen molar-refractivity contribution in [2.75, 3.05) is 26.7 Å². The third kappa shape index (κ3) is 5.01. The molecule has 0 spiro atoms. The molecule has 0 aromatic heterocycles. The highest BCUT2D eigenvalue weighted by Gasteiger charge is 2.19. The van der Waals surface area contributed by atoms with Crippen LogP contribution in [-0.2, 0) is 6.54 Å². The molecule has 0 radical (unpaired) electrons. The lowest BCUT2D eigenvalue weighted by Crippen LogP contribution is -2.39. The van der Waals surface area contributed by atoms with Crippen molar-refractivity contribution in [2.24, 2.45) is 5.92 Å². The second-order valence-corrected chi connectivity index (χ2v) is 6.70. The zero-order valence-electron chi connectivity index (χ0n) is 14.0. The highest BCUT2D eigenvalue weighted by Crippen LogP contribution is 2.22. The van der Waals surface area contributed by atoms with Crippen molar-refractivity contribution in [2.45, 2.75) is 46.2 Å². The number of hydrogen-bond acceptors (Lipinski definition) is 3. The monoisotopic (exact) mass is 290 g/mol. The van der Waals surface area contributed by atoms with Gasteiger partial charge in [-0.3, -0.25) is 4.90 Å². The zero-order valence-corrected chi connectivity index (χ0v) is 14.0. The Labute approximate surface area is 129 Å². The van der Waals surface area contributed by atoms with Gasteiger partial charge in [0.05, 0.1) is 7.11 Å². The molecule has 1 aromatic rings. The predicted molar refractivity (Wildman–Crippen MR) is 88.9 cm³/mol. The van der Waals surface area contributed by atoms with Crippen molar-refractivity contribution in [3.63, 3.8) is 0 Å². The quantitative estimate of drug-likeness (QED) is 0.834. The molecule has 0 bridgehead atoms. The van der Waals surface area contributed by atoms with E-state index in [0.717, 1.165) is 25.4 Å². The molecule has 0 saturated carbocycles. The fourth-order valence-electron chi connectivity index (χ4n) is 3.22. The number of aryl methyl sites for hydroxylation is 1. The van der Waals surface area contributed by atoms with E-state index in [1.807, 2.05) is 0 Å². The summed E-state index contributed by atoms with van der Waals surface area (Å²) in [5, 5.41) is 3.61. The lowest BCUT2D eigenvalue weighted by atomic mass is 10.1. The number of nitrogens with zero attached hydrogens (tertiary/aromatic N) is 1. The molecule has 1 heterocycles. The Kier molecular flexibility index (Phi) is 6.07. The van der Waals surface area contributed by atoms with E-state index >= 15 is 0 Å². The van der Waals surface area contributed by atoms with Gasteiger partial charge in [0.25, 0.3) is 0 Å². The molecule has 1 unspecified atom stereocenters. The Hall–Kier alpha value is -1.06. The highest BCUT2D eigenvalue weighted by atomic mass is 16.5. The summed E-state index contributed by atoms with van der Waals surface area (Å²) in [5.41, 5.74) is 2.60. The second-order valence-electron chi connectivity index (χ2n) is 6.70. The van der Waals surface area contributed by atoms with Crippen molar-refractivity contribution in [3.05, 3.63) is 29.3 Å². The normalized spacial score (nSPS) is 18.7. The molecule has 1 aliphatic heterocycles. The van der Waals surface area contributed by atoms with Crippen LogP contribution in [0.1, 0.15) is 37.8 Å². The number of benzene rings is 1. The summed E-state index contributed by atoms with van der Waals surface area (Å²) in [6, 6.07) is 7.12. The SMILES string of the molecule is COc1ccc(C)cc1CN(CC(C)C)CC1CCCN1. The van der Waals surface area contributed by atoms with Gasteiger partial charge in [-0.25, -0.2) is 0 Å². The Balaban J connectivity index is 2.07. The smallest absolute Gasteiger partial charge is 0.123 e. The summed E-state index contributed by atoms with van der Waals surface area (Å²) in [5.74, 6) is 1.69. The maximum absolute atomic E-state index is 5.53. The summed E-state index contributed by atoms with van der Waals surface area (Å²) in [6.07, 6.45) is 2.62. The number of rotatable bonds is 7. The van der Waals surface area contributed by atoms with Crippen LogP contribution in [0.2, 0.25) is 0 Å². The molecule has 21 heavy (non-hydrogen) atoms. The average molecular weight is 290 g/mol. The highest BCUT2D eigenvalue weighted by molar-refractivity contribution is 5.36. The largest absolute Gasteiger partial charge is 0.496 e. The van der Waals surface area contributed by atoms with Gasteiger partial charge in [0.2, 0.25) is 0 Å². The maximum atomic E-state index is 5.53. The molecule has 118 valence electrons. The van der Waals surface area contributed by atoms with Gasteiger partial charge in [0.15, 0.2) is 0 Å². The topological polar surface area (TPSA) is 24.5 Å².